The number of nitrogens with zero attached hydrogens (tertiary/aromatic N) is 3. The summed E-state index contributed by atoms with van der Waals surface area (Å²) in [6.45, 7) is 4.12. The van der Waals surface area contributed by atoms with Crippen molar-refractivity contribution in [2.24, 2.45) is 7.05 Å². The van der Waals surface area contributed by atoms with E-state index in [1.165, 1.54) is 0 Å². The number of fused-ring (bicyclic) bond motifs is 1. The highest BCUT2D eigenvalue weighted by atomic mass is 15.1. The number of hydrogen-bond donors (Lipinski definition) is 1. The van der Waals surface area contributed by atoms with E-state index in [4.69, 9.17) is 0 Å². The third-order valence-corrected chi connectivity index (χ3v) is 3.62. The van der Waals surface area contributed by atoms with Crippen molar-refractivity contribution >= 4 is 16.7 Å². The highest BCUT2D eigenvalue weighted by molar-refractivity contribution is 5.80. The van der Waals surface area contributed by atoms with Gasteiger partial charge in [-0.1, -0.05) is 6.07 Å². The van der Waals surface area contributed by atoms with Gasteiger partial charge in [0.15, 0.2) is 0 Å². The second kappa shape index (κ2) is 4.96. The van der Waals surface area contributed by atoms with Crippen LogP contribution in [0.2, 0.25) is 0 Å². The zero-order valence-electron chi connectivity index (χ0n) is 12.0. The first kappa shape index (κ1) is 12.7. The lowest BCUT2D eigenvalue weighted by Gasteiger charge is -2.14. The van der Waals surface area contributed by atoms with Gasteiger partial charge in [-0.15, -0.1) is 0 Å². The Morgan fingerprint density at radius 3 is 2.80 bits per heavy atom. The molecule has 0 aliphatic heterocycles. The predicted octanol–water partition coefficient (Wildman–Crippen LogP) is 3.45. The van der Waals surface area contributed by atoms with E-state index >= 15 is 0 Å². The maximum Gasteiger partial charge on any atom is 0.106 e. The minimum absolute atomic E-state index is 0.165. The van der Waals surface area contributed by atoms with Gasteiger partial charge in [-0.05, 0) is 44.2 Å². The Labute approximate surface area is 118 Å². The summed E-state index contributed by atoms with van der Waals surface area (Å²) in [6.07, 6.45) is 1.82. The number of nitrogens with one attached hydrogen (secondary N) is 1. The lowest BCUT2D eigenvalue weighted by atomic mass is 10.2. The molecule has 3 rings (SSSR count). The van der Waals surface area contributed by atoms with Gasteiger partial charge < -0.3 is 9.88 Å². The Bertz CT molecular complexity index is 731. The van der Waals surface area contributed by atoms with E-state index in [0.29, 0.717) is 0 Å². The molecular weight excluding hydrogens is 248 g/mol. The smallest absolute Gasteiger partial charge is 0.106 e. The maximum absolute atomic E-state index is 4.56. The van der Waals surface area contributed by atoms with Gasteiger partial charge in [0, 0.05) is 18.9 Å². The predicted molar refractivity (Wildman–Crippen MR) is 81.7 cm³/mol. The number of hydrogen-bond acceptors (Lipinski definition) is 3. The Morgan fingerprint density at radius 2 is 2.05 bits per heavy atom. The molecular formula is C16H18N4. The molecule has 1 aromatic carbocycles. The molecule has 2 heterocycles. The standard InChI is InChI=1S/C16H18N4/c1-11(14-6-4-5-9-17-14)18-13-7-8-16-15(10-13)19-12(2)20(16)3/h4-11,18H,1-3H3/t11-/m0/s1. The number of pyridine rings is 1. The Morgan fingerprint density at radius 1 is 1.20 bits per heavy atom. The van der Waals surface area contributed by atoms with Gasteiger partial charge in [-0.25, -0.2) is 4.98 Å². The molecule has 20 heavy (non-hydrogen) atoms. The van der Waals surface area contributed by atoms with Crippen LogP contribution in [-0.2, 0) is 7.05 Å². The van der Waals surface area contributed by atoms with Crippen LogP contribution in [0, 0.1) is 6.92 Å². The van der Waals surface area contributed by atoms with Crippen LogP contribution in [0.1, 0.15) is 24.5 Å². The average Bonchev–Trinajstić information content (AvgIpc) is 2.74. The average molecular weight is 266 g/mol. The highest BCUT2D eigenvalue weighted by Gasteiger charge is 2.08. The molecule has 0 amide bonds. The van der Waals surface area contributed by atoms with Crippen LogP contribution in [-0.4, -0.2) is 14.5 Å². The summed E-state index contributed by atoms with van der Waals surface area (Å²) in [5.41, 5.74) is 4.26. The van der Waals surface area contributed by atoms with Crippen LogP contribution < -0.4 is 5.32 Å². The molecule has 0 aliphatic carbocycles. The van der Waals surface area contributed by atoms with E-state index in [9.17, 15) is 0 Å². The van der Waals surface area contributed by atoms with Gasteiger partial charge in [0.2, 0.25) is 0 Å². The normalized spacial score (nSPS) is 12.6. The van der Waals surface area contributed by atoms with E-state index in [0.717, 1.165) is 28.2 Å². The van der Waals surface area contributed by atoms with Crippen molar-refractivity contribution in [2.75, 3.05) is 5.32 Å². The van der Waals surface area contributed by atoms with Gasteiger partial charge in [-0.2, -0.15) is 0 Å². The van der Waals surface area contributed by atoms with E-state index < -0.39 is 0 Å². The SMILES string of the molecule is Cc1nc2cc(N[C@@H](C)c3ccccn3)ccc2n1C. The molecule has 1 N–H and O–H groups in total. The van der Waals surface area contributed by atoms with Crippen molar-refractivity contribution in [3.05, 3.63) is 54.1 Å². The molecule has 0 spiro atoms. The fourth-order valence-corrected chi connectivity index (χ4v) is 2.37. The third kappa shape index (κ3) is 2.25. The summed E-state index contributed by atoms with van der Waals surface area (Å²) in [5.74, 6) is 1.02. The highest BCUT2D eigenvalue weighted by Crippen LogP contribution is 2.22. The zero-order valence-corrected chi connectivity index (χ0v) is 12.0. The van der Waals surface area contributed by atoms with Crippen molar-refractivity contribution in [1.29, 1.82) is 0 Å². The first-order valence-electron chi connectivity index (χ1n) is 6.75. The summed E-state index contributed by atoms with van der Waals surface area (Å²) in [4.78, 5) is 8.93. The molecule has 1 atom stereocenters. The van der Waals surface area contributed by atoms with E-state index in [1.807, 2.05) is 38.4 Å². The molecule has 4 nitrogen and oxygen atoms in total. The first-order valence-corrected chi connectivity index (χ1v) is 6.75. The van der Waals surface area contributed by atoms with Gasteiger partial charge >= 0.3 is 0 Å². The van der Waals surface area contributed by atoms with Crippen LogP contribution >= 0.6 is 0 Å². The molecule has 3 aromatic rings. The summed E-state index contributed by atoms with van der Waals surface area (Å²) in [5, 5.41) is 3.47. The van der Waals surface area contributed by atoms with Crippen LogP contribution in [0.25, 0.3) is 11.0 Å². The Kier molecular flexibility index (Phi) is 3.14. The molecule has 4 heteroatoms. The van der Waals surface area contributed by atoms with Crippen molar-refractivity contribution in [2.45, 2.75) is 19.9 Å². The number of benzene rings is 1. The van der Waals surface area contributed by atoms with Crippen LogP contribution in [0.3, 0.4) is 0 Å². The molecule has 0 aliphatic rings. The van der Waals surface area contributed by atoms with Crippen LogP contribution in [0.5, 0.6) is 0 Å². The summed E-state index contributed by atoms with van der Waals surface area (Å²) >= 11 is 0. The summed E-state index contributed by atoms with van der Waals surface area (Å²) < 4.78 is 2.10. The zero-order chi connectivity index (χ0) is 14.1. The topological polar surface area (TPSA) is 42.7 Å². The van der Waals surface area contributed by atoms with Crippen molar-refractivity contribution < 1.29 is 0 Å². The lowest BCUT2D eigenvalue weighted by Crippen LogP contribution is -2.07. The van der Waals surface area contributed by atoms with E-state index in [-0.39, 0.29) is 6.04 Å². The molecule has 0 bridgehead atoms. The number of anilines is 1. The molecule has 0 saturated carbocycles. The second-order valence-electron chi connectivity index (χ2n) is 5.04. The molecule has 0 fully saturated rings. The maximum atomic E-state index is 4.56. The summed E-state index contributed by atoms with van der Waals surface area (Å²) in [6, 6.07) is 12.4. The first-order chi connectivity index (χ1) is 9.65. The third-order valence-electron chi connectivity index (χ3n) is 3.62. The molecule has 0 saturated heterocycles. The van der Waals surface area contributed by atoms with Gasteiger partial charge in [0.25, 0.3) is 0 Å². The van der Waals surface area contributed by atoms with Gasteiger partial charge in [0.1, 0.15) is 5.82 Å². The number of imidazole rings is 1. The number of aryl methyl sites for hydroxylation is 2. The fraction of sp³-hybridized carbons (Fsp3) is 0.250. The van der Waals surface area contributed by atoms with Crippen LogP contribution in [0.15, 0.2) is 42.6 Å². The summed E-state index contributed by atoms with van der Waals surface area (Å²) in [7, 11) is 2.04. The van der Waals surface area contributed by atoms with Gasteiger partial charge in [0.05, 0.1) is 22.8 Å². The quantitative estimate of drug-likeness (QED) is 0.789. The van der Waals surface area contributed by atoms with E-state index in [1.54, 1.807) is 0 Å². The van der Waals surface area contributed by atoms with Gasteiger partial charge in [-0.3, -0.25) is 4.98 Å². The number of rotatable bonds is 3. The molecule has 0 unspecified atom stereocenters. The molecule has 102 valence electrons. The second-order valence-corrected chi connectivity index (χ2v) is 5.04. The Balaban J connectivity index is 1.88. The van der Waals surface area contributed by atoms with Crippen molar-refractivity contribution in [3.63, 3.8) is 0 Å². The minimum atomic E-state index is 0.165. The molecule has 2 aromatic heterocycles. The van der Waals surface area contributed by atoms with Crippen molar-refractivity contribution in [1.82, 2.24) is 14.5 Å². The van der Waals surface area contributed by atoms with E-state index in [2.05, 4.69) is 45.0 Å². The number of aromatic nitrogens is 3. The lowest BCUT2D eigenvalue weighted by molar-refractivity contribution is 0.840. The minimum Gasteiger partial charge on any atom is -0.377 e. The Hall–Kier alpha value is -2.36. The van der Waals surface area contributed by atoms with Crippen LogP contribution in [0.4, 0.5) is 5.69 Å². The van der Waals surface area contributed by atoms with Crippen molar-refractivity contribution in [3.8, 4) is 0 Å². The largest absolute Gasteiger partial charge is 0.377 e. The monoisotopic (exact) mass is 266 g/mol. The fourth-order valence-electron chi connectivity index (χ4n) is 2.37. The molecule has 0 radical (unpaired) electrons.